The molecule has 0 amide bonds. The number of hydrogen-bond acceptors (Lipinski definition) is 1. The predicted octanol–water partition coefficient (Wildman–Crippen LogP) is 4.95. The quantitative estimate of drug-likeness (QED) is 0.831. The molecule has 1 atom stereocenters. The third-order valence-electron chi connectivity index (χ3n) is 4.53. The van der Waals surface area contributed by atoms with Crippen LogP contribution >= 0.6 is 15.9 Å². The molecule has 2 aromatic rings. The zero-order valence-corrected chi connectivity index (χ0v) is 14.3. The Kier molecular flexibility index (Phi) is 4.46. The summed E-state index contributed by atoms with van der Waals surface area (Å²) in [7, 11) is 2.04. The minimum absolute atomic E-state index is 0.242. The van der Waals surface area contributed by atoms with Crippen molar-refractivity contribution in [3.05, 3.63) is 68.7 Å². The van der Waals surface area contributed by atoms with Crippen LogP contribution in [0.15, 0.2) is 40.9 Å². The lowest BCUT2D eigenvalue weighted by Gasteiger charge is -2.23. The van der Waals surface area contributed by atoms with Gasteiger partial charge in [-0.15, -0.1) is 0 Å². The second-order valence-corrected chi connectivity index (χ2v) is 6.73. The van der Waals surface area contributed by atoms with E-state index in [1.165, 1.54) is 46.8 Å². The fraction of sp³-hybridized carbons (Fsp3) is 0.368. The fourth-order valence-corrected chi connectivity index (χ4v) is 3.82. The number of benzene rings is 2. The molecular formula is C19H22BrN. The molecular weight excluding hydrogens is 322 g/mol. The summed E-state index contributed by atoms with van der Waals surface area (Å²) in [6, 6.07) is 13.8. The molecule has 0 saturated heterocycles. The van der Waals surface area contributed by atoms with E-state index in [0.29, 0.717) is 0 Å². The maximum absolute atomic E-state index is 3.75. The molecule has 0 radical (unpaired) electrons. The Morgan fingerprint density at radius 1 is 1.05 bits per heavy atom. The Morgan fingerprint density at radius 3 is 2.57 bits per heavy atom. The van der Waals surface area contributed by atoms with Crippen LogP contribution < -0.4 is 5.32 Å². The minimum atomic E-state index is 0.242. The van der Waals surface area contributed by atoms with Crippen LogP contribution in [0, 0.1) is 6.92 Å². The third kappa shape index (κ3) is 2.93. The SMILES string of the molecule is CNC(c1ccc2c(c1)CCCC2)c1cccc(C)c1Br. The summed E-state index contributed by atoms with van der Waals surface area (Å²) < 4.78 is 1.21. The van der Waals surface area contributed by atoms with Crippen LogP contribution in [0.25, 0.3) is 0 Å². The van der Waals surface area contributed by atoms with Gasteiger partial charge < -0.3 is 5.32 Å². The maximum Gasteiger partial charge on any atom is 0.0585 e. The largest absolute Gasteiger partial charge is 0.309 e. The standard InChI is InChI=1S/C19H22BrN/c1-13-6-5-9-17(18(13)20)19(21-2)16-11-10-14-7-3-4-8-15(14)12-16/h5-6,9-12,19,21H,3-4,7-8H2,1-2H3. The first-order valence-electron chi connectivity index (χ1n) is 7.74. The van der Waals surface area contributed by atoms with Gasteiger partial charge >= 0.3 is 0 Å². The number of rotatable bonds is 3. The van der Waals surface area contributed by atoms with Crippen LogP contribution in [0.5, 0.6) is 0 Å². The topological polar surface area (TPSA) is 12.0 Å². The first kappa shape index (κ1) is 14.8. The molecule has 0 heterocycles. The van der Waals surface area contributed by atoms with Crippen LogP contribution in [0.3, 0.4) is 0 Å². The second-order valence-electron chi connectivity index (χ2n) is 5.94. The van der Waals surface area contributed by atoms with Crippen molar-refractivity contribution in [2.75, 3.05) is 7.05 Å². The van der Waals surface area contributed by atoms with E-state index in [-0.39, 0.29) is 6.04 Å². The van der Waals surface area contributed by atoms with Crippen molar-refractivity contribution in [3.8, 4) is 0 Å². The van der Waals surface area contributed by atoms with Crippen LogP contribution in [0.1, 0.15) is 46.7 Å². The summed E-state index contributed by atoms with van der Waals surface area (Å²) in [5, 5.41) is 3.48. The highest BCUT2D eigenvalue weighted by molar-refractivity contribution is 9.10. The fourth-order valence-electron chi connectivity index (χ4n) is 3.33. The van der Waals surface area contributed by atoms with Crippen molar-refractivity contribution >= 4 is 15.9 Å². The van der Waals surface area contributed by atoms with Gasteiger partial charge in [0.05, 0.1) is 6.04 Å². The van der Waals surface area contributed by atoms with Crippen molar-refractivity contribution < 1.29 is 0 Å². The molecule has 0 saturated carbocycles. The Morgan fingerprint density at radius 2 is 1.81 bits per heavy atom. The van der Waals surface area contributed by atoms with E-state index in [2.05, 4.69) is 64.6 Å². The highest BCUT2D eigenvalue weighted by Gasteiger charge is 2.18. The molecule has 2 heteroatoms. The Balaban J connectivity index is 2.02. The predicted molar refractivity (Wildman–Crippen MR) is 92.9 cm³/mol. The molecule has 110 valence electrons. The summed E-state index contributed by atoms with van der Waals surface area (Å²) in [6.07, 6.45) is 5.14. The number of hydrogen-bond donors (Lipinski definition) is 1. The van der Waals surface area contributed by atoms with Gasteiger partial charge in [0.1, 0.15) is 0 Å². The van der Waals surface area contributed by atoms with E-state index < -0.39 is 0 Å². The molecule has 1 N–H and O–H groups in total. The molecule has 3 rings (SSSR count). The van der Waals surface area contributed by atoms with Crippen LogP contribution in [-0.4, -0.2) is 7.05 Å². The monoisotopic (exact) mass is 343 g/mol. The van der Waals surface area contributed by atoms with Crippen molar-refractivity contribution in [2.24, 2.45) is 0 Å². The van der Waals surface area contributed by atoms with Crippen molar-refractivity contribution in [3.63, 3.8) is 0 Å². The maximum atomic E-state index is 3.75. The van der Waals surface area contributed by atoms with E-state index in [9.17, 15) is 0 Å². The molecule has 1 aliphatic rings. The van der Waals surface area contributed by atoms with Gasteiger partial charge in [0.2, 0.25) is 0 Å². The molecule has 0 bridgehead atoms. The molecule has 0 spiro atoms. The van der Waals surface area contributed by atoms with Gasteiger partial charge in [0, 0.05) is 4.47 Å². The van der Waals surface area contributed by atoms with Crippen molar-refractivity contribution in [2.45, 2.75) is 38.6 Å². The van der Waals surface area contributed by atoms with E-state index in [4.69, 9.17) is 0 Å². The summed E-state index contributed by atoms with van der Waals surface area (Å²) >= 11 is 3.75. The van der Waals surface area contributed by atoms with Gasteiger partial charge in [-0.3, -0.25) is 0 Å². The molecule has 21 heavy (non-hydrogen) atoms. The normalized spacial score (nSPS) is 15.6. The first-order valence-corrected chi connectivity index (χ1v) is 8.54. The van der Waals surface area contributed by atoms with Crippen LogP contribution in [0.4, 0.5) is 0 Å². The summed E-state index contributed by atoms with van der Waals surface area (Å²) in [4.78, 5) is 0. The zero-order valence-electron chi connectivity index (χ0n) is 12.7. The molecule has 1 aliphatic carbocycles. The average Bonchev–Trinajstić information content (AvgIpc) is 2.52. The van der Waals surface area contributed by atoms with Crippen molar-refractivity contribution in [1.29, 1.82) is 0 Å². The Bertz CT molecular complexity index is 648. The Hall–Kier alpha value is -1.12. The molecule has 1 unspecified atom stereocenters. The molecule has 2 aromatic carbocycles. The number of nitrogens with one attached hydrogen (secondary N) is 1. The lowest BCUT2D eigenvalue weighted by atomic mass is 9.88. The number of halogens is 1. The highest BCUT2D eigenvalue weighted by atomic mass is 79.9. The molecule has 0 aliphatic heterocycles. The van der Waals surface area contributed by atoms with E-state index in [1.807, 2.05) is 7.05 Å². The van der Waals surface area contributed by atoms with Crippen molar-refractivity contribution in [1.82, 2.24) is 5.32 Å². The summed E-state index contributed by atoms with van der Waals surface area (Å²) in [6.45, 7) is 2.15. The Labute approximate surface area is 135 Å². The summed E-state index contributed by atoms with van der Waals surface area (Å²) in [5.74, 6) is 0. The average molecular weight is 344 g/mol. The van der Waals surface area contributed by atoms with Gasteiger partial charge in [-0.2, -0.15) is 0 Å². The zero-order chi connectivity index (χ0) is 14.8. The molecule has 1 nitrogen and oxygen atoms in total. The van der Waals surface area contributed by atoms with Gasteiger partial charge in [-0.25, -0.2) is 0 Å². The third-order valence-corrected chi connectivity index (χ3v) is 5.61. The smallest absolute Gasteiger partial charge is 0.0585 e. The van der Waals surface area contributed by atoms with Gasteiger partial charge in [0.25, 0.3) is 0 Å². The van der Waals surface area contributed by atoms with Crippen LogP contribution in [0.2, 0.25) is 0 Å². The van der Waals surface area contributed by atoms with Crippen LogP contribution in [-0.2, 0) is 12.8 Å². The second kappa shape index (κ2) is 6.33. The van der Waals surface area contributed by atoms with Gasteiger partial charge in [-0.05, 0) is 67.5 Å². The molecule has 0 aromatic heterocycles. The molecule has 0 fully saturated rings. The lowest BCUT2D eigenvalue weighted by Crippen LogP contribution is -2.19. The van der Waals surface area contributed by atoms with Gasteiger partial charge in [0.15, 0.2) is 0 Å². The van der Waals surface area contributed by atoms with E-state index in [0.717, 1.165) is 0 Å². The minimum Gasteiger partial charge on any atom is -0.309 e. The number of aryl methyl sites for hydroxylation is 3. The number of fused-ring (bicyclic) bond motifs is 1. The van der Waals surface area contributed by atoms with E-state index >= 15 is 0 Å². The lowest BCUT2D eigenvalue weighted by molar-refractivity contribution is 0.666. The van der Waals surface area contributed by atoms with E-state index in [1.54, 1.807) is 11.1 Å². The van der Waals surface area contributed by atoms with Gasteiger partial charge in [-0.1, -0.05) is 52.3 Å². The highest BCUT2D eigenvalue weighted by Crippen LogP contribution is 2.32. The first-order chi connectivity index (χ1) is 10.2. The summed E-state index contributed by atoms with van der Waals surface area (Å²) in [5.41, 5.74) is 7.05.